The Bertz CT molecular complexity index is 1660. The Morgan fingerprint density at radius 2 is 1.34 bits per heavy atom. The average Bonchev–Trinajstić information content (AvgIpc) is 3.19. The number of aliphatic hydroxyl groups excluding tert-OH is 1. The van der Waals surface area contributed by atoms with Crippen LogP contribution in [0.3, 0.4) is 0 Å². The Labute approximate surface area is 235 Å². The highest BCUT2D eigenvalue weighted by Crippen LogP contribution is 2.34. The molecule has 0 aliphatic rings. The number of methoxy groups -OCH3 is 1. The largest absolute Gasteiger partial charge is 0.497 e. The highest BCUT2D eigenvalue weighted by Gasteiger charge is 2.28. The monoisotopic (exact) mass is 588 g/mol. The van der Waals surface area contributed by atoms with Gasteiger partial charge in [0.05, 0.1) is 36.9 Å². The van der Waals surface area contributed by atoms with E-state index in [2.05, 4.69) is 0 Å². The third-order valence-corrected chi connectivity index (χ3v) is 8.85. The fraction of sp³-hybridized carbons (Fsp3) is 0.143. The molecule has 0 amide bonds. The van der Waals surface area contributed by atoms with E-state index in [0.29, 0.717) is 26.5 Å². The van der Waals surface area contributed by atoms with Crippen LogP contribution < -0.4 is 9.04 Å². The summed E-state index contributed by atoms with van der Waals surface area (Å²) in [6, 6.07) is 23.6. The van der Waals surface area contributed by atoms with Crippen molar-refractivity contribution in [3.05, 3.63) is 100.0 Å². The summed E-state index contributed by atoms with van der Waals surface area (Å²) in [5.41, 5.74) is 2.09. The molecule has 0 spiro atoms. The molecule has 0 saturated carbocycles. The summed E-state index contributed by atoms with van der Waals surface area (Å²) in [5, 5.41) is 14.7. The summed E-state index contributed by atoms with van der Waals surface area (Å²) in [5.74, 6) is 0.584. The molecule has 10 heteroatoms. The van der Waals surface area contributed by atoms with Gasteiger partial charge in [0.2, 0.25) is 0 Å². The normalized spacial score (nSPS) is 12.7. The zero-order valence-corrected chi connectivity index (χ0v) is 23.3. The SMILES string of the molecule is COc1ccc(N(C[C@H](O)Cn2c3ccc(Cl)cc3c3cc(Cl)ccc32)S(=O)(=O)c2ccc(Cl)cc2)cc1. The van der Waals surface area contributed by atoms with E-state index in [-0.39, 0.29) is 18.0 Å². The van der Waals surface area contributed by atoms with Gasteiger partial charge < -0.3 is 14.4 Å². The number of rotatable bonds is 8. The van der Waals surface area contributed by atoms with E-state index >= 15 is 0 Å². The lowest BCUT2D eigenvalue weighted by molar-refractivity contribution is 0.166. The minimum absolute atomic E-state index is 0.0612. The van der Waals surface area contributed by atoms with Crippen LogP contribution in [-0.4, -0.2) is 37.8 Å². The zero-order chi connectivity index (χ0) is 27.0. The van der Waals surface area contributed by atoms with Gasteiger partial charge in [-0.15, -0.1) is 0 Å². The first-order chi connectivity index (χ1) is 18.2. The Morgan fingerprint density at radius 3 is 1.87 bits per heavy atom. The van der Waals surface area contributed by atoms with Gasteiger partial charge in [-0.05, 0) is 84.9 Å². The lowest BCUT2D eigenvalue weighted by Crippen LogP contribution is -2.39. The van der Waals surface area contributed by atoms with Crippen LogP contribution >= 0.6 is 34.8 Å². The molecular formula is C28H23Cl3N2O4S. The standard InChI is InChI=1S/C28H23Cl3N2O4S/c1-37-23-8-6-21(7-9-23)33(38(35,36)24-10-2-18(29)3-11-24)17-22(34)16-32-27-12-4-19(30)14-25(27)26-15-20(31)5-13-28(26)32/h2-15,22,34H,16-17H2,1H3/t22-/m1/s1. The van der Waals surface area contributed by atoms with E-state index in [4.69, 9.17) is 39.5 Å². The van der Waals surface area contributed by atoms with Crippen LogP contribution in [-0.2, 0) is 16.6 Å². The zero-order valence-electron chi connectivity index (χ0n) is 20.2. The van der Waals surface area contributed by atoms with Gasteiger partial charge in [0, 0.05) is 36.9 Å². The molecule has 5 aromatic rings. The van der Waals surface area contributed by atoms with Gasteiger partial charge in [0.1, 0.15) is 5.75 Å². The van der Waals surface area contributed by atoms with E-state index in [9.17, 15) is 13.5 Å². The van der Waals surface area contributed by atoms with E-state index < -0.39 is 16.1 Å². The summed E-state index contributed by atoms with van der Waals surface area (Å²) >= 11 is 18.5. The number of ether oxygens (including phenoxy) is 1. The molecule has 1 atom stereocenters. The molecule has 4 aromatic carbocycles. The Kier molecular flexibility index (Phi) is 7.49. The van der Waals surface area contributed by atoms with Crippen molar-refractivity contribution in [3.63, 3.8) is 0 Å². The fourth-order valence-electron chi connectivity index (χ4n) is 4.53. The maximum absolute atomic E-state index is 13.7. The molecule has 1 aromatic heterocycles. The molecule has 0 fully saturated rings. The number of halogens is 3. The second-order valence-electron chi connectivity index (χ2n) is 8.78. The molecule has 1 heterocycles. The highest BCUT2D eigenvalue weighted by atomic mass is 35.5. The lowest BCUT2D eigenvalue weighted by atomic mass is 10.1. The maximum atomic E-state index is 13.7. The number of hydrogen-bond acceptors (Lipinski definition) is 4. The van der Waals surface area contributed by atoms with Crippen molar-refractivity contribution in [2.75, 3.05) is 18.0 Å². The number of hydrogen-bond donors (Lipinski definition) is 1. The molecule has 38 heavy (non-hydrogen) atoms. The van der Waals surface area contributed by atoms with Crippen molar-refractivity contribution in [2.24, 2.45) is 0 Å². The molecule has 0 saturated heterocycles. The Hall–Kier alpha value is -2.94. The number of fused-ring (bicyclic) bond motifs is 3. The molecule has 0 unspecified atom stereocenters. The molecular weight excluding hydrogens is 567 g/mol. The number of nitrogens with zero attached hydrogens (tertiary/aromatic N) is 2. The molecule has 0 aliphatic heterocycles. The molecule has 0 aliphatic carbocycles. The topological polar surface area (TPSA) is 71.8 Å². The Morgan fingerprint density at radius 1 is 0.816 bits per heavy atom. The van der Waals surface area contributed by atoms with Crippen LogP contribution in [0.15, 0.2) is 89.8 Å². The molecule has 0 bridgehead atoms. The quantitative estimate of drug-likeness (QED) is 0.211. The van der Waals surface area contributed by atoms with Gasteiger partial charge >= 0.3 is 0 Å². The van der Waals surface area contributed by atoms with E-state index in [1.807, 2.05) is 28.8 Å². The van der Waals surface area contributed by atoms with Crippen LogP contribution in [0.5, 0.6) is 5.75 Å². The molecule has 0 radical (unpaired) electrons. The minimum Gasteiger partial charge on any atom is -0.497 e. The first kappa shape index (κ1) is 26.7. The minimum atomic E-state index is -4.03. The molecule has 196 valence electrons. The van der Waals surface area contributed by atoms with Gasteiger partial charge in [-0.1, -0.05) is 34.8 Å². The van der Waals surface area contributed by atoms with Crippen molar-refractivity contribution in [3.8, 4) is 5.75 Å². The third kappa shape index (κ3) is 5.17. The number of anilines is 1. The predicted molar refractivity (Wildman–Crippen MR) is 154 cm³/mol. The number of benzene rings is 4. The third-order valence-electron chi connectivity index (χ3n) is 6.32. The second kappa shape index (κ2) is 10.7. The summed E-state index contributed by atoms with van der Waals surface area (Å²) in [7, 11) is -2.50. The van der Waals surface area contributed by atoms with Crippen molar-refractivity contribution in [1.29, 1.82) is 0 Å². The summed E-state index contributed by atoms with van der Waals surface area (Å²) in [4.78, 5) is 0.0612. The number of sulfonamides is 1. The number of aliphatic hydroxyl groups is 1. The lowest BCUT2D eigenvalue weighted by Gasteiger charge is -2.27. The molecule has 1 N–H and O–H groups in total. The number of aromatic nitrogens is 1. The van der Waals surface area contributed by atoms with Crippen LogP contribution in [0.1, 0.15) is 0 Å². The van der Waals surface area contributed by atoms with Crippen molar-refractivity contribution in [2.45, 2.75) is 17.5 Å². The first-order valence-electron chi connectivity index (χ1n) is 11.6. The summed E-state index contributed by atoms with van der Waals surface area (Å²) < 4.78 is 35.9. The maximum Gasteiger partial charge on any atom is 0.264 e. The fourth-order valence-corrected chi connectivity index (χ4v) is 6.50. The second-order valence-corrected chi connectivity index (χ2v) is 11.9. The molecule has 5 rings (SSSR count). The predicted octanol–water partition coefficient (Wildman–Crippen LogP) is 7.02. The molecule has 6 nitrogen and oxygen atoms in total. The van der Waals surface area contributed by atoms with Crippen LogP contribution in [0.25, 0.3) is 21.8 Å². The Balaban J connectivity index is 1.54. The van der Waals surface area contributed by atoms with Crippen LogP contribution in [0.4, 0.5) is 5.69 Å². The van der Waals surface area contributed by atoms with Crippen molar-refractivity contribution in [1.82, 2.24) is 4.57 Å². The van der Waals surface area contributed by atoms with Gasteiger partial charge in [0.25, 0.3) is 10.0 Å². The first-order valence-corrected chi connectivity index (χ1v) is 14.2. The van der Waals surface area contributed by atoms with E-state index in [1.165, 1.54) is 35.7 Å². The van der Waals surface area contributed by atoms with E-state index in [0.717, 1.165) is 21.8 Å². The van der Waals surface area contributed by atoms with Gasteiger partial charge in [-0.25, -0.2) is 8.42 Å². The average molecular weight is 590 g/mol. The van der Waals surface area contributed by atoms with Crippen LogP contribution in [0.2, 0.25) is 15.1 Å². The summed E-state index contributed by atoms with van der Waals surface area (Å²) in [6.07, 6.45) is -1.07. The van der Waals surface area contributed by atoms with Gasteiger partial charge in [-0.2, -0.15) is 0 Å². The van der Waals surface area contributed by atoms with Crippen molar-refractivity contribution < 1.29 is 18.3 Å². The smallest absolute Gasteiger partial charge is 0.264 e. The van der Waals surface area contributed by atoms with Crippen LogP contribution in [0, 0.1) is 0 Å². The highest BCUT2D eigenvalue weighted by molar-refractivity contribution is 7.92. The van der Waals surface area contributed by atoms with Crippen molar-refractivity contribution >= 4 is 72.3 Å². The van der Waals surface area contributed by atoms with Gasteiger partial charge in [-0.3, -0.25) is 4.31 Å². The summed E-state index contributed by atoms with van der Waals surface area (Å²) in [6.45, 7) is -0.0638. The van der Waals surface area contributed by atoms with E-state index in [1.54, 1.807) is 36.4 Å². The van der Waals surface area contributed by atoms with Gasteiger partial charge in [0.15, 0.2) is 0 Å².